The van der Waals surface area contributed by atoms with Crippen LogP contribution in [0.5, 0.6) is 0 Å². The minimum absolute atomic E-state index is 0.260. The van der Waals surface area contributed by atoms with Crippen molar-refractivity contribution in [2.75, 3.05) is 7.11 Å². The fraction of sp³-hybridized carbons (Fsp3) is 0.412. The van der Waals surface area contributed by atoms with E-state index in [1.807, 2.05) is 10.7 Å². The van der Waals surface area contributed by atoms with Crippen LogP contribution in [0, 0.1) is 20.8 Å². The first kappa shape index (κ1) is 15.3. The van der Waals surface area contributed by atoms with E-state index in [-0.39, 0.29) is 5.92 Å². The number of esters is 1. The number of carbonyl (C=O) groups is 1. The maximum absolute atomic E-state index is 11.8. The highest BCUT2D eigenvalue weighted by Gasteiger charge is 2.19. The number of carbonyl (C=O) groups excluding carboxylic acids is 1. The van der Waals surface area contributed by atoms with Gasteiger partial charge in [-0.05, 0) is 43.9 Å². The van der Waals surface area contributed by atoms with Gasteiger partial charge in [-0.15, -0.1) is 0 Å². The molecule has 0 atom stereocenters. The molecule has 0 amide bonds. The topological polar surface area (TPSA) is 44.1 Å². The number of aromatic nitrogens is 2. The van der Waals surface area contributed by atoms with Crippen molar-refractivity contribution in [1.82, 2.24) is 9.78 Å². The van der Waals surface area contributed by atoms with Crippen molar-refractivity contribution in [3.63, 3.8) is 0 Å². The average molecular weight is 286 g/mol. The second-order valence-electron chi connectivity index (χ2n) is 5.76. The normalized spacial score (nSPS) is 11.0. The minimum Gasteiger partial charge on any atom is -0.464 e. The van der Waals surface area contributed by atoms with Gasteiger partial charge in [-0.3, -0.25) is 0 Å². The molecule has 0 aliphatic heterocycles. The van der Waals surface area contributed by atoms with Crippen molar-refractivity contribution in [3.8, 4) is 5.69 Å². The van der Waals surface area contributed by atoms with E-state index < -0.39 is 5.97 Å². The number of benzene rings is 1. The van der Waals surface area contributed by atoms with Gasteiger partial charge in [-0.1, -0.05) is 31.5 Å². The molecule has 112 valence electrons. The highest BCUT2D eigenvalue weighted by atomic mass is 16.5. The van der Waals surface area contributed by atoms with Crippen LogP contribution in [0.15, 0.2) is 18.2 Å². The van der Waals surface area contributed by atoms with E-state index in [1.165, 1.54) is 12.7 Å². The largest absolute Gasteiger partial charge is 0.464 e. The molecule has 1 aromatic carbocycles. The first-order chi connectivity index (χ1) is 9.85. The van der Waals surface area contributed by atoms with E-state index in [4.69, 9.17) is 4.74 Å². The molecule has 0 unspecified atom stereocenters. The molecule has 21 heavy (non-hydrogen) atoms. The zero-order valence-corrected chi connectivity index (χ0v) is 13.5. The Morgan fingerprint density at radius 3 is 2.19 bits per heavy atom. The summed E-state index contributed by atoms with van der Waals surface area (Å²) in [4.78, 5) is 11.8. The van der Waals surface area contributed by atoms with Gasteiger partial charge in [0.2, 0.25) is 0 Å². The molecule has 4 nitrogen and oxygen atoms in total. The Balaban J connectivity index is 2.68. The summed E-state index contributed by atoms with van der Waals surface area (Å²) in [5, 5.41) is 4.47. The van der Waals surface area contributed by atoms with Crippen LogP contribution in [0.4, 0.5) is 0 Å². The van der Waals surface area contributed by atoms with E-state index in [0.717, 1.165) is 22.5 Å². The second-order valence-corrected chi connectivity index (χ2v) is 5.76. The first-order valence-electron chi connectivity index (χ1n) is 7.11. The Hall–Kier alpha value is -2.10. The van der Waals surface area contributed by atoms with Crippen LogP contribution in [0.3, 0.4) is 0 Å². The van der Waals surface area contributed by atoms with Crippen LogP contribution in [0.25, 0.3) is 5.69 Å². The Kier molecular flexibility index (Phi) is 4.16. The van der Waals surface area contributed by atoms with E-state index >= 15 is 0 Å². The van der Waals surface area contributed by atoms with Gasteiger partial charge < -0.3 is 4.74 Å². The van der Waals surface area contributed by atoms with E-state index in [0.29, 0.717) is 5.69 Å². The Morgan fingerprint density at radius 1 is 1.14 bits per heavy atom. The van der Waals surface area contributed by atoms with Crippen molar-refractivity contribution in [3.05, 3.63) is 46.3 Å². The zero-order valence-electron chi connectivity index (χ0n) is 13.5. The van der Waals surface area contributed by atoms with Gasteiger partial charge in [0.1, 0.15) is 0 Å². The monoisotopic (exact) mass is 286 g/mol. The quantitative estimate of drug-likeness (QED) is 0.808. The molecule has 0 spiro atoms. The third-order valence-corrected chi connectivity index (χ3v) is 3.57. The maximum Gasteiger partial charge on any atom is 0.358 e. The molecule has 1 heterocycles. The molecular weight excluding hydrogens is 264 g/mol. The number of rotatable bonds is 3. The van der Waals surface area contributed by atoms with Gasteiger partial charge >= 0.3 is 5.97 Å². The van der Waals surface area contributed by atoms with Crippen LogP contribution in [-0.2, 0) is 4.74 Å². The zero-order chi connectivity index (χ0) is 15.7. The van der Waals surface area contributed by atoms with Crippen molar-refractivity contribution < 1.29 is 9.53 Å². The van der Waals surface area contributed by atoms with Gasteiger partial charge in [-0.25, -0.2) is 9.48 Å². The third kappa shape index (κ3) is 2.84. The SMILES string of the molecule is COC(=O)c1cc(C(C)C)n(-c2c(C)cc(C)cc2C)n1. The van der Waals surface area contributed by atoms with Gasteiger partial charge in [0, 0.05) is 5.69 Å². The summed E-state index contributed by atoms with van der Waals surface area (Å²) in [5.74, 6) is -0.144. The molecule has 2 rings (SSSR count). The molecule has 0 aliphatic carbocycles. The molecule has 0 aliphatic rings. The molecule has 0 N–H and O–H groups in total. The van der Waals surface area contributed by atoms with Gasteiger partial charge in [0.05, 0.1) is 12.8 Å². The number of hydrogen-bond donors (Lipinski definition) is 0. The smallest absolute Gasteiger partial charge is 0.358 e. The lowest BCUT2D eigenvalue weighted by Gasteiger charge is -2.15. The maximum atomic E-state index is 11.8. The number of nitrogens with zero attached hydrogens (tertiary/aromatic N) is 2. The Labute approximate surface area is 125 Å². The van der Waals surface area contributed by atoms with Crippen molar-refractivity contribution in [1.29, 1.82) is 0 Å². The molecule has 0 bridgehead atoms. The van der Waals surface area contributed by atoms with Crippen molar-refractivity contribution >= 4 is 5.97 Å². The van der Waals surface area contributed by atoms with Gasteiger partial charge in [0.15, 0.2) is 5.69 Å². The van der Waals surface area contributed by atoms with E-state index in [2.05, 4.69) is 51.9 Å². The van der Waals surface area contributed by atoms with Crippen LogP contribution < -0.4 is 0 Å². The standard InChI is InChI=1S/C17H22N2O2/c1-10(2)15-9-14(17(20)21-6)18-19(15)16-12(4)7-11(3)8-13(16)5/h7-10H,1-6H3. The molecule has 0 saturated heterocycles. The van der Waals surface area contributed by atoms with Crippen LogP contribution in [0.1, 0.15) is 52.6 Å². The molecule has 1 aromatic heterocycles. The number of ether oxygens (including phenoxy) is 1. The Morgan fingerprint density at radius 2 is 1.71 bits per heavy atom. The van der Waals surface area contributed by atoms with Crippen LogP contribution >= 0.6 is 0 Å². The van der Waals surface area contributed by atoms with E-state index in [1.54, 1.807) is 0 Å². The molecule has 2 aromatic rings. The van der Waals surface area contributed by atoms with Gasteiger partial charge in [0.25, 0.3) is 0 Å². The number of hydrogen-bond acceptors (Lipinski definition) is 3. The Bertz CT molecular complexity index is 661. The lowest BCUT2D eigenvalue weighted by molar-refractivity contribution is 0.0593. The lowest BCUT2D eigenvalue weighted by atomic mass is 10.0. The third-order valence-electron chi connectivity index (χ3n) is 3.57. The van der Waals surface area contributed by atoms with E-state index in [9.17, 15) is 4.79 Å². The minimum atomic E-state index is -0.405. The highest BCUT2D eigenvalue weighted by molar-refractivity contribution is 5.87. The summed E-state index contributed by atoms with van der Waals surface area (Å²) in [6, 6.07) is 6.08. The molecule has 0 fully saturated rings. The second kappa shape index (κ2) is 5.72. The fourth-order valence-corrected chi connectivity index (χ4v) is 2.70. The summed E-state index contributed by atoms with van der Waals surface area (Å²) in [7, 11) is 1.37. The molecule has 0 saturated carbocycles. The summed E-state index contributed by atoms with van der Waals surface area (Å²) in [6.45, 7) is 10.4. The molecule has 4 heteroatoms. The van der Waals surface area contributed by atoms with Crippen LogP contribution in [0.2, 0.25) is 0 Å². The highest BCUT2D eigenvalue weighted by Crippen LogP contribution is 2.26. The summed E-state index contributed by atoms with van der Waals surface area (Å²) in [5.41, 5.74) is 5.91. The predicted octanol–water partition coefficient (Wildman–Crippen LogP) is 3.71. The first-order valence-corrected chi connectivity index (χ1v) is 7.11. The van der Waals surface area contributed by atoms with Crippen LogP contribution in [-0.4, -0.2) is 22.9 Å². The number of methoxy groups -OCH3 is 1. The average Bonchev–Trinajstić information content (AvgIpc) is 2.81. The van der Waals surface area contributed by atoms with Gasteiger partial charge in [-0.2, -0.15) is 5.10 Å². The molecule has 0 radical (unpaired) electrons. The number of aryl methyl sites for hydroxylation is 3. The fourth-order valence-electron chi connectivity index (χ4n) is 2.70. The van der Waals surface area contributed by atoms with Crippen molar-refractivity contribution in [2.24, 2.45) is 0 Å². The molecular formula is C17H22N2O2. The lowest BCUT2D eigenvalue weighted by Crippen LogP contribution is -2.09. The van der Waals surface area contributed by atoms with Crippen molar-refractivity contribution in [2.45, 2.75) is 40.5 Å². The predicted molar refractivity (Wildman–Crippen MR) is 83.2 cm³/mol. The summed E-state index contributed by atoms with van der Waals surface area (Å²) < 4.78 is 6.66. The summed E-state index contributed by atoms with van der Waals surface area (Å²) >= 11 is 0. The summed E-state index contributed by atoms with van der Waals surface area (Å²) in [6.07, 6.45) is 0.